The van der Waals surface area contributed by atoms with Gasteiger partial charge in [-0.1, -0.05) is 18.2 Å². The Morgan fingerprint density at radius 2 is 1.40 bits per heavy atom. The minimum absolute atomic E-state index is 0. The molecule has 7 nitrogen and oxygen atoms in total. The summed E-state index contributed by atoms with van der Waals surface area (Å²) in [5, 5.41) is 0. The van der Waals surface area contributed by atoms with Crippen LogP contribution in [0.5, 0.6) is 5.75 Å². The van der Waals surface area contributed by atoms with E-state index in [9.17, 15) is 9.59 Å². The van der Waals surface area contributed by atoms with Crippen molar-refractivity contribution >= 4 is 41.6 Å². The number of benzene rings is 3. The van der Waals surface area contributed by atoms with Crippen LogP contribution in [-0.4, -0.2) is 24.9 Å². The van der Waals surface area contributed by atoms with Crippen LogP contribution in [0.15, 0.2) is 83.9 Å². The summed E-state index contributed by atoms with van der Waals surface area (Å²) < 4.78 is 5.33. The van der Waals surface area contributed by atoms with E-state index in [1.807, 2.05) is 30.3 Å². The van der Waals surface area contributed by atoms with Crippen molar-refractivity contribution in [3.05, 3.63) is 90.0 Å². The van der Waals surface area contributed by atoms with Gasteiger partial charge in [-0.3, -0.25) is 4.79 Å². The van der Waals surface area contributed by atoms with E-state index in [4.69, 9.17) is 16.2 Å². The van der Waals surface area contributed by atoms with Crippen LogP contribution < -0.4 is 21.1 Å². The zero-order valence-electron chi connectivity index (χ0n) is 16.2. The van der Waals surface area contributed by atoms with Crippen molar-refractivity contribution in [1.29, 1.82) is 0 Å². The van der Waals surface area contributed by atoms with Crippen LogP contribution in [0.3, 0.4) is 0 Å². The first-order chi connectivity index (χ1) is 13.9. The largest absolute Gasteiger partial charge is 0.423 e. The highest BCUT2D eigenvalue weighted by Crippen LogP contribution is 2.20. The first-order valence-corrected chi connectivity index (χ1v) is 8.79. The number of carbonyl (C=O) groups is 2. The SMILES string of the molecule is CN(C(=O)c1ccc(C(=O)Oc2ccc(N=C(N)N)cc2)cc1)c1ccccc1.Cl. The Morgan fingerprint density at radius 1 is 0.833 bits per heavy atom. The summed E-state index contributed by atoms with van der Waals surface area (Å²) >= 11 is 0. The highest BCUT2D eigenvalue weighted by Gasteiger charge is 2.15. The van der Waals surface area contributed by atoms with Gasteiger partial charge in [-0.15, -0.1) is 12.4 Å². The molecule has 0 spiro atoms. The number of guanidine groups is 1. The molecule has 30 heavy (non-hydrogen) atoms. The molecule has 0 aliphatic rings. The van der Waals surface area contributed by atoms with Crippen molar-refractivity contribution < 1.29 is 14.3 Å². The van der Waals surface area contributed by atoms with Crippen LogP contribution in [0, 0.1) is 0 Å². The zero-order valence-corrected chi connectivity index (χ0v) is 17.0. The van der Waals surface area contributed by atoms with Crippen LogP contribution in [0.1, 0.15) is 20.7 Å². The second-order valence-corrected chi connectivity index (χ2v) is 6.20. The van der Waals surface area contributed by atoms with Crippen molar-refractivity contribution in [3.63, 3.8) is 0 Å². The summed E-state index contributed by atoms with van der Waals surface area (Å²) in [5.74, 6) is -0.405. The fraction of sp³-hybridized carbons (Fsp3) is 0.0455. The fourth-order valence-electron chi connectivity index (χ4n) is 2.62. The first kappa shape index (κ1) is 22.4. The third-order valence-corrected chi connectivity index (χ3v) is 4.12. The molecule has 3 aromatic rings. The lowest BCUT2D eigenvalue weighted by atomic mass is 10.1. The number of carbonyl (C=O) groups excluding carboxylic acids is 2. The van der Waals surface area contributed by atoms with Crippen molar-refractivity contribution in [2.45, 2.75) is 0 Å². The average molecular weight is 425 g/mol. The van der Waals surface area contributed by atoms with E-state index in [1.54, 1.807) is 60.5 Å². The second-order valence-electron chi connectivity index (χ2n) is 6.20. The Labute approximate surface area is 180 Å². The number of esters is 1. The molecule has 1 amide bonds. The van der Waals surface area contributed by atoms with Gasteiger partial charge in [-0.2, -0.15) is 0 Å². The van der Waals surface area contributed by atoms with Crippen LogP contribution in [0.25, 0.3) is 0 Å². The van der Waals surface area contributed by atoms with Gasteiger partial charge >= 0.3 is 5.97 Å². The van der Waals surface area contributed by atoms with Gasteiger partial charge in [0.05, 0.1) is 11.3 Å². The first-order valence-electron chi connectivity index (χ1n) is 8.79. The Hall–Kier alpha value is -3.84. The molecule has 0 unspecified atom stereocenters. The summed E-state index contributed by atoms with van der Waals surface area (Å²) in [7, 11) is 1.70. The molecule has 0 aromatic heterocycles. The lowest BCUT2D eigenvalue weighted by Gasteiger charge is -2.17. The standard InChI is InChI=1S/C22H20N4O3.ClH/c1-26(18-5-3-2-4-6-18)20(27)15-7-9-16(10-8-15)21(28)29-19-13-11-17(12-14-19)25-22(23)24;/h2-14H,1H3,(H4,23,24,25);1H. The molecule has 8 heteroatoms. The van der Waals surface area contributed by atoms with E-state index >= 15 is 0 Å². The monoisotopic (exact) mass is 424 g/mol. The quantitative estimate of drug-likeness (QED) is 0.282. The van der Waals surface area contributed by atoms with Crippen molar-refractivity contribution in [1.82, 2.24) is 0 Å². The van der Waals surface area contributed by atoms with Gasteiger partial charge in [0.15, 0.2) is 5.96 Å². The number of rotatable bonds is 5. The van der Waals surface area contributed by atoms with Gasteiger partial charge in [0.25, 0.3) is 5.91 Å². The third-order valence-electron chi connectivity index (χ3n) is 4.12. The Balaban J connectivity index is 0.00000320. The molecular formula is C22H21ClN4O3. The van der Waals surface area contributed by atoms with E-state index < -0.39 is 5.97 Å². The number of hydrogen-bond acceptors (Lipinski definition) is 4. The number of halogens is 1. The molecule has 0 atom stereocenters. The topological polar surface area (TPSA) is 111 Å². The smallest absolute Gasteiger partial charge is 0.343 e. The molecule has 0 bridgehead atoms. The van der Waals surface area contributed by atoms with E-state index in [1.165, 1.54) is 0 Å². The predicted octanol–water partition coefficient (Wildman–Crippen LogP) is 3.51. The Kier molecular flexibility index (Phi) is 7.55. The van der Waals surface area contributed by atoms with Gasteiger partial charge in [0, 0.05) is 18.3 Å². The molecule has 0 fully saturated rings. The molecule has 0 aliphatic carbocycles. The Morgan fingerprint density at radius 3 is 1.97 bits per heavy atom. The third kappa shape index (κ3) is 5.59. The summed E-state index contributed by atoms with van der Waals surface area (Å²) in [6.45, 7) is 0. The van der Waals surface area contributed by atoms with Crippen LogP contribution in [-0.2, 0) is 0 Å². The lowest BCUT2D eigenvalue weighted by molar-refractivity contribution is 0.0734. The Bertz CT molecular complexity index is 1030. The van der Waals surface area contributed by atoms with Crippen LogP contribution >= 0.6 is 12.4 Å². The lowest BCUT2D eigenvalue weighted by Crippen LogP contribution is -2.26. The van der Waals surface area contributed by atoms with E-state index in [2.05, 4.69) is 4.99 Å². The minimum atomic E-state index is -0.532. The number of hydrogen-bond donors (Lipinski definition) is 2. The van der Waals surface area contributed by atoms with Crippen molar-refractivity contribution in [2.75, 3.05) is 11.9 Å². The number of aliphatic imine (C=N–C) groups is 1. The molecule has 4 N–H and O–H groups in total. The van der Waals surface area contributed by atoms with E-state index in [0.29, 0.717) is 22.6 Å². The number of nitrogens with zero attached hydrogens (tertiary/aromatic N) is 2. The zero-order chi connectivity index (χ0) is 20.8. The maximum absolute atomic E-state index is 12.6. The molecule has 0 aliphatic heterocycles. The van der Waals surface area contributed by atoms with E-state index in [-0.39, 0.29) is 24.3 Å². The van der Waals surface area contributed by atoms with Crippen molar-refractivity contribution in [3.8, 4) is 5.75 Å². The van der Waals surface area contributed by atoms with Crippen LogP contribution in [0.2, 0.25) is 0 Å². The molecule has 0 saturated carbocycles. The van der Waals surface area contributed by atoms with Gasteiger partial charge in [0.1, 0.15) is 5.75 Å². The maximum Gasteiger partial charge on any atom is 0.343 e. The van der Waals surface area contributed by atoms with E-state index in [0.717, 1.165) is 5.69 Å². The maximum atomic E-state index is 12.6. The number of nitrogens with two attached hydrogens (primary N) is 2. The average Bonchev–Trinajstić information content (AvgIpc) is 2.74. The second kappa shape index (κ2) is 10.1. The molecule has 3 rings (SSSR count). The molecule has 0 radical (unpaired) electrons. The van der Waals surface area contributed by atoms with Crippen LogP contribution in [0.4, 0.5) is 11.4 Å². The number of ether oxygens (including phenoxy) is 1. The number of anilines is 1. The van der Waals surface area contributed by atoms with Gasteiger partial charge in [-0.25, -0.2) is 9.79 Å². The number of amides is 1. The summed E-state index contributed by atoms with van der Waals surface area (Å²) in [4.78, 5) is 30.4. The summed E-state index contributed by atoms with van der Waals surface area (Å²) in [5.41, 5.74) is 12.8. The van der Waals surface area contributed by atoms with Crippen molar-refractivity contribution in [2.24, 2.45) is 16.5 Å². The van der Waals surface area contributed by atoms with Gasteiger partial charge in [0.2, 0.25) is 0 Å². The normalized spacial score (nSPS) is 9.77. The fourth-order valence-corrected chi connectivity index (χ4v) is 2.62. The molecule has 154 valence electrons. The molecule has 0 saturated heterocycles. The minimum Gasteiger partial charge on any atom is -0.423 e. The number of para-hydroxylation sites is 1. The predicted molar refractivity (Wildman–Crippen MR) is 120 cm³/mol. The van der Waals surface area contributed by atoms with Gasteiger partial charge < -0.3 is 21.1 Å². The molecular weight excluding hydrogens is 404 g/mol. The highest BCUT2D eigenvalue weighted by molar-refractivity contribution is 6.06. The highest BCUT2D eigenvalue weighted by atomic mass is 35.5. The van der Waals surface area contributed by atoms with Gasteiger partial charge in [-0.05, 0) is 60.7 Å². The summed E-state index contributed by atoms with van der Waals surface area (Å²) in [6, 6.07) is 22.1. The molecule has 0 heterocycles. The summed E-state index contributed by atoms with van der Waals surface area (Å²) in [6.07, 6.45) is 0. The molecule has 3 aromatic carbocycles.